The van der Waals surface area contributed by atoms with E-state index in [1.54, 1.807) is 0 Å². The first kappa shape index (κ1) is 18.1. The molecule has 1 aliphatic rings. The van der Waals surface area contributed by atoms with Crippen LogP contribution in [0.25, 0.3) is 0 Å². The van der Waals surface area contributed by atoms with Crippen molar-refractivity contribution < 1.29 is 8.42 Å². The van der Waals surface area contributed by atoms with E-state index in [1.165, 1.54) is 24.0 Å². The van der Waals surface area contributed by atoms with Crippen molar-refractivity contribution >= 4 is 27.6 Å². The first-order valence-electron chi connectivity index (χ1n) is 7.86. The molecule has 0 spiro atoms. The summed E-state index contributed by atoms with van der Waals surface area (Å²) in [6.07, 6.45) is 3.58. The van der Waals surface area contributed by atoms with Crippen molar-refractivity contribution in [3.05, 3.63) is 30.3 Å². The molecule has 0 saturated heterocycles. The third kappa shape index (κ3) is 6.83. The summed E-state index contributed by atoms with van der Waals surface area (Å²) in [5.41, 5.74) is 0. The highest BCUT2D eigenvalue weighted by atomic mass is 32.2. The molecule has 5 nitrogen and oxygen atoms in total. The monoisotopic (exact) mass is 355 g/mol. The molecule has 0 aromatic heterocycles. The Morgan fingerprint density at radius 3 is 2.52 bits per heavy atom. The van der Waals surface area contributed by atoms with E-state index in [1.807, 2.05) is 24.8 Å². The minimum absolute atomic E-state index is 0.112. The van der Waals surface area contributed by atoms with Crippen molar-refractivity contribution in [1.29, 1.82) is 0 Å². The number of rotatable bonds is 8. The number of nitrogens with zero attached hydrogens (tertiary/aromatic N) is 1. The van der Waals surface area contributed by atoms with Gasteiger partial charge in [-0.1, -0.05) is 18.2 Å². The van der Waals surface area contributed by atoms with E-state index in [-0.39, 0.29) is 10.5 Å². The Morgan fingerprint density at radius 2 is 1.96 bits per heavy atom. The van der Waals surface area contributed by atoms with Gasteiger partial charge in [-0.15, -0.1) is 11.8 Å². The summed E-state index contributed by atoms with van der Waals surface area (Å²) in [6.45, 7) is 3.87. The summed E-state index contributed by atoms with van der Waals surface area (Å²) in [6, 6.07) is 10.4. The number of thioether (sulfide) groups is 1. The molecule has 7 heteroatoms. The van der Waals surface area contributed by atoms with Crippen molar-refractivity contribution in [2.45, 2.75) is 29.4 Å². The number of hydrogen-bond acceptors (Lipinski definition) is 4. The first-order valence-corrected chi connectivity index (χ1v) is 10.7. The SMILES string of the molecule is CCNC(=NCC1(Sc2ccccc2)CC1)NCCS(C)(=O)=O. The predicted octanol–water partition coefficient (Wildman–Crippen LogP) is 1.91. The van der Waals surface area contributed by atoms with E-state index < -0.39 is 9.84 Å². The molecular weight excluding hydrogens is 330 g/mol. The normalized spacial score (nSPS) is 16.9. The largest absolute Gasteiger partial charge is 0.357 e. The third-order valence-corrected chi connectivity index (χ3v) is 5.94. The molecular formula is C16H25N3O2S2. The second-order valence-corrected chi connectivity index (χ2v) is 9.65. The van der Waals surface area contributed by atoms with Gasteiger partial charge in [0.2, 0.25) is 0 Å². The zero-order valence-electron chi connectivity index (χ0n) is 13.7. The van der Waals surface area contributed by atoms with Crippen LogP contribution in [0.3, 0.4) is 0 Å². The minimum Gasteiger partial charge on any atom is -0.357 e. The maximum Gasteiger partial charge on any atom is 0.191 e. The molecule has 2 rings (SSSR count). The van der Waals surface area contributed by atoms with Crippen LogP contribution in [0.1, 0.15) is 19.8 Å². The summed E-state index contributed by atoms with van der Waals surface area (Å²) >= 11 is 1.89. The third-order valence-electron chi connectivity index (χ3n) is 3.52. The lowest BCUT2D eigenvalue weighted by atomic mass is 10.4. The number of guanidine groups is 1. The molecule has 0 amide bonds. The molecule has 23 heavy (non-hydrogen) atoms. The minimum atomic E-state index is -2.96. The molecule has 128 valence electrons. The van der Waals surface area contributed by atoms with Crippen molar-refractivity contribution in [1.82, 2.24) is 10.6 Å². The number of aliphatic imine (C=N–C) groups is 1. The van der Waals surface area contributed by atoms with Crippen LogP contribution in [0.2, 0.25) is 0 Å². The van der Waals surface area contributed by atoms with E-state index in [2.05, 4.69) is 39.9 Å². The van der Waals surface area contributed by atoms with Gasteiger partial charge in [0.05, 0.1) is 12.3 Å². The topological polar surface area (TPSA) is 70.6 Å². The molecule has 1 saturated carbocycles. The fourth-order valence-electron chi connectivity index (χ4n) is 2.09. The number of nitrogens with one attached hydrogen (secondary N) is 2. The van der Waals surface area contributed by atoms with Crippen LogP contribution in [0.4, 0.5) is 0 Å². The fourth-order valence-corrected chi connectivity index (χ4v) is 3.79. The first-order chi connectivity index (χ1) is 10.9. The van der Waals surface area contributed by atoms with E-state index in [0.29, 0.717) is 12.5 Å². The fraction of sp³-hybridized carbons (Fsp3) is 0.562. The molecule has 1 fully saturated rings. The zero-order valence-corrected chi connectivity index (χ0v) is 15.3. The van der Waals surface area contributed by atoms with Crippen molar-refractivity contribution in [3.8, 4) is 0 Å². The number of benzene rings is 1. The van der Waals surface area contributed by atoms with E-state index in [9.17, 15) is 8.42 Å². The summed E-state index contributed by atoms with van der Waals surface area (Å²) in [5, 5.41) is 6.26. The average Bonchev–Trinajstić information content (AvgIpc) is 3.24. The Morgan fingerprint density at radius 1 is 1.26 bits per heavy atom. The molecule has 0 radical (unpaired) electrons. The van der Waals surface area contributed by atoms with Crippen LogP contribution in [-0.2, 0) is 9.84 Å². The van der Waals surface area contributed by atoms with E-state index >= 15 is 0 Å². The lowest BCUT2D eigenvalue weighted by molar-refractivity contribution is 0.600. The maximum atomic E-state index is 11.2. The molecule has 1 aliphatic carbocycles. The second kappa shape index (κ2) is 8.06. The van der Waals surface area contributed by atoms with Gasteiger partial charge in [-0.3, -0.25) is 4.99 Å². The number of hydrogen-bond donors (Lipinski definition) is 2. The van der Waals surface area contributed by atoms with Gasteiger partial charge in [0.1, 0.15) is 9.84 Å². The zero-order chi connectivity index (χ0) is 16.8. The molecule has 0 atom stereocenters. The second-order valence-electron chi connectivity index (χ2n) is 5.85. The Kier molecular flexibility index (Phi) is 6.35. The van der Waals surface area contributed by atoms with Crippen LogP contribution in [0.5, 0.6) is 0 Å². The molecule has 0 heterocycles. The van der Waals surface area contributed by atoms with Gasteiger partial charge in [-0.2, -0.15) is 0 Å². The van der Waals surface area contributed by atoms with Crippen LogP contribution < -0.4 is 10.6 Å². The molecule has 2 N–H and O–H groups in total. The van der Waals surface area contributed by atoms with Gasteiger partial charge in [0, 0.05) is 29.0 Å². The van der Waals surface area contributed by atoms with Gasteiger partial charge in [-0.25, -0.2) is 8.42 Å². The van der Waals surface area contributed by atoms with Crippen molar-refractivity contribution in [2.24, 2.45) is 4.99 Å². The molecule has 0 unspecified atom stereocenters. The molecule has 0 aliphatic heterocycles. The molecule has 0 bridgehead atoms. The Bertz CT molecular complexity index is 626. The lowest BCUT2D eigenvalue weighted by Gasteiger charge is -2.15. The molecule has 1 aromatic rings. The van der Waals surface area contributed by atoms with Crippen molar-refractivity contribution in [2.75, 3.05) is 31.6 Å². The van der Waals surface area contributed by atoms with E-state index in [0.717, 1.165) is 13.1 Å². The van der Waals surface area contributed by atoms with Gasteiger partial charge in [-0.05, 0) is 31.9 Å². The number of sulfone groups is 1. The van der Waals surface area contributed by atoms with Crippen molar-refractivity contribution in [3.63, 3.8) is 0 Å². The average molecular weight is 356 g/mol. The highest BCUT2D eigenvalue weighted by Gasteiger charge is 2.43. The van der Waals surface area contributed by atoms with Gasteiger partial charge < -0.3 is 10.6 Å². The maximum absolute atomic E-state index is 11.2. The van der Waals surface area contributed by atoms with Gasteiger partial charge in [0.25, 0.3) is 0 Å². The van der Waals surface area contributed by atoms with Crippen LogP contribution in [0.15, 0.2) is 40.2 Å². The predicted molar refractivity (Wildman–Crippen MR) is 98.0 cm³/mol. The smallest absolute Gasteiger partial charge is 0.191 e. The van der Waals surface area contributed by atoms with Gasteiger partial charge in [0.15, 0.2) is 5.96 Å². The molecule has 1 aromatic carbocycles. The quantitative estimate of drug-likeness (QED) is 0.551. The highest BCUT2D eigenvalue weighted by Crippen LogP contribution is 2.51. The summed E-state index contributed by atoms with van der Waals surface area (Å²) in [4.78, 5) is 5.92. The van der Waals surface area contributed by atoms with Crippen LogP contribution in [0, 0.1) is 0 Å². The summed E-state index contributed by atoms with van der Waals surface area (Å²) < 4.78 is 22.6. The Hall–Kier alpha value is -1.21. The Balaban J connectivity index is 1.89. The highest BCUT2D eigenvalue weighted by molar-refractivity contribution is 8.01. The lowest BCUT2D eigenvalue weighted by Crippen LogP contribution is -2.40. The van der Waals surface area contributed by atoms with Crippen LogP contribution >= 0.6 is 11.8 Å². The summed E-state index contributed by atoms with van der Waals surface area (Å²) in [5.74, 6) is 0.803. The van der Waals surface area contributed by atoms with Gasteiger partial charge >= 0.3 is 0 Å². The van der Waals surface area contributed by atoms with E-state index in [4.69, 9.17) is 0 Å². The summed E-state index contributed by atoms with van der Waals surface area (Å²) in [7, 11) is -2.96. The Labute approximate surface area is 143 Å². The van der Waals surface area contributed by atoms with Crippen LogP contribution in [-0.4, -0.2) is 50.8 Å². The standard InChI is InChI=1S/C16H25N3O2S2/c1-3-17-15(18-11-12-23(2,20)21)19-13-16(9-10-16)22-14-7-5-4-6-8-14/h4-8H,3,9-13H2,1-2H3,(H2,17,18,19).